The summed E-state index contributed by atoms with van der Waals surface area (Å²) in [5, 5.41) is 4.73. The molecule has 0 saturated heterocycles. The van der Waals surface area contributed by atoms with Crippen LogP contribution >= 0.6 is 0 Å². The summed E-state index contributed by atoms with van der Waals surface area (Å²) in [7, 11) is 3.84. The fraction of sp³-hybridized carbons (Fsp3) is 0.500. The minimum absolute atomic E-state index is 0.138. The average Bonchev–Trinajstić information content (AvgIpc) is 2.82. The van der Waals surface area contributed by atoms with E-state index in [1.54, 1.807) is 4.90 Å². The van der Waals surface area contributed by atoms with Crippen LogP contribution in [0.3, 0.4) is 0 Å². The molecule has 136 valence electrons. The summed E-state index contributed by atoms with van der Waals surface area (Å²) in [4.78, 5) is 16.1. The van der Waals surface area contributed by atoms with Crippen molar-refractivity contribution in [2.45, 2.75) is 47.2 Å². The van der Waals surface area contributed by atoms with Crippen molar-refractivity contribution in [3.8, 4) is 5.69 Å². The zero-order valence-corrected chi connectivity index (χ0v) is 16.5. The van der Waals surface area contributed by atoms with E-state index < -0.39 is 0 Å². The van der Waals surface area contributed by atoms with Crippen LogP contribution in [0, 0.1) is 20.8 Å². The van der Waals surface area contributed by atoms with Gasteiger partial charge >= 0.3 is 0 Å². The Balaban J connectivity index is 2.18. The van der Waals surface area contributed by atoms with E-state index in [-0.39, 0.29) is 11.9 Å². The highest BCUT2D eigenvalue weighted by Crippen LogP contribution is 2.21. The third-order valence-corrected chi connectivity index (χ3v) is 4.79. The van der Waals surface area contributed by atoms with Gasteiger partial charge in [-0.2, -0.15) is 5.10 Å². The topological polar surface area (TPSA) is 41.4 Å². The first-order valence-electron chi connectivity index (χ1n) is 8.77. The Kier molecular flexibility index (Phi) is 6.01. The van der Waals surface area contributed by atoms with Crippen LogP contribution in [0.15, 0.2) is 24.3 Å². The molecule has 1 heterocycles. The Bertz CT molecular complexity index is 748. The molecule has 0 aliphatic rings. The van der Waals surface area contributed by atoms with Gasteiger partial charge in [0.15, 0.2) is 0 Å². The first-order chi connectivity index (χ1) is 11.7. The number of rotatable bonds is 6. The SMILES string of the molecule is Cc1ccccc1-n1nc(C)c(CN(C)CC(=O)N(C)C(C)C)c1C. The predicted octanol–water partition coefficient (Wildman–Crippen LogP) is 3.10. The monoisotopic (exact) mass is 342 g/mol. The maximum Gasteiger partial charge on any atom is 0.236 e. The number of benzene rings is 1. The van der Waals surface area contributed by atoms with Crippen molar-refractivity contribution in [1.82, 2.24) is 19.6 Å². The van der Waals surface area contributed by atoms with Gasteiger partial charge in [0, 0.05) is 30.9 Å². The van der Waals surface area contributed by atoms with E-state index in [1.165, 1.54) is 11.1 Å². The Hall–Kier alpha value is -2.14. The summed E-state index contributed by atoms with van der Waals surface area (Å²) in [5.41, 5.74) is 5.63. The molecule has 0 N–H and O–H groups in total. The highest BCUT2D eigenvalue weighted by molar-refractivity contribution is 5.78. The van der Waals surface area contributed by atoms with Crippen LogP contribution in [0.1, 0.15) is 36.4 Å². The molecule has 0 atom stereocenters. The van der Waals surface area contributed by atoms with Crippen molar-refractivity contribution in [2.24, 2.45) is 0 Å². The molecule has 0 aliphatic heterocycles. The number of hydrogen-bond acceptors (Lipinski definition) is 3. The molecule has 1 aromatic heterocycles. The van der Waals surface area contributed by atoms with Crippen LogP contribution in [0.4, 0.5) is 0 Å². The van der Waals surface area contributed by atoms with E-state index in [4.69, 9.17) is 5.10 Å². The molecule has 2 aromatic rings. The lowest BCUT2D eigenvalue weighted by Gasteiger charge is -2.25. The van der Waals surface area contributed by atoms with Crippen molar-refractivity contribution in [2.75, 3.05) is 20.6 Å². The normalized spacial score (nSPS) is 11.4. The molecule has 25 heavy (non-hydrogen) atoms. The number of carbonyl (C=O) groups is 1. The Morgan fingerprint density at radius 1 is 1.16 bits per heavy atom. The van der Waals surface area contributed by atoms with E-state index in [1.807, 2.05) is 51.7 Å². The number of amides is 1. The van der Waals surface area contributed by atoms with Crippen LogP contribution in [-0.2, 0) is 11.3 Å². The van der Waals surface area contributed by atoms with E-state index in [9.17, 15) is 4.79 Å². The Morgan fingerprint density at radius 3 is 2.40 bits per heavy atom. The summed E-state index contributed by atoms with van der Waals surface area (Å²) in [5.74, 6) is 0.138. The number of aryl methyl sites for hydroxylation is 2. The second-order valence-corrected chi connectivity index (χ2v) is 7.12. The Morgan fingerprint density at radius 2 is 1.80 bits per heavy atom. The molecule has 1 amide bonds. The van der Waals surface area contributed by atoms with Crippen LogP contribution in [0.5, 0.6) is 0 Å². The number of aromatic nitrogens is 2. The van der Waals surface area contributed by atoms with Crippen LogP contribution in [0.25, 0.3) is 5.69 Å². The maximum atomic E-state index is 12.3. The van der Waals surface area contributed by atoms with Gasteiger partial charge in [0.25, 0.3) is 0 Å². The molecule has 0 spiro atoms. The lowest BCUT2D eigenvalue weighted by Crippen LogP contribution is -2.40. The number of carbonyl (C=O) groups excluding carboxylic acids is 1. The standard InChI is InChI=1S/C20H30N4O/c1-14(2)23(7)20(25)13-22(6)12-18-16(4)21-24(17(18)5)19-11-9-8-10-15(19)3/h8-11,14H,12-13H2,1-7H3. The summed E-state index contributed by atoms with van der Waals surface area (Å²) >= 11 is 0. The quantitative estimate of drug-likeness (QED) is 0.810. The minimum Gasteiger partial charge on any atom is -0.342 e. The third kappa shape index (κ3) is 4.28. The van der Waals surface area contributed by atoms with Crippen molar-refractivity contribution < 1.29 is 4.79 Å². The van der Waals surface area contributed by atoms with Gasteiger partial charge in [0.2, 0.25) is 5.91 Å². The fourth-order valence-electron chi connectivity index (χ4n) is 2.90. The first-order valence-corrected chi connectivity index (χ1v) is 8.77. The second-order valence-electron chi connectivity index (χ2n) is 7.12. The molecule has 5 nitrogen and oxygen atoms in total. The van der Waals surface area contributed by atoms with E-state index in [0.29, 0.717) is 13.1 Å². The molecule has 5 heteroatoms. The van der Waals surface area contributed by atoms with Gasteiger partial charge in [-0.1, -0.05) is 18.2 Å². The Labute approximate surface area is 151 Å². The van der Waals surface area contributed by atoms with Gasteiger partial charge in [-0.15, -0.1) is 0 Å². The van der Waals surface area contributed by atoms with Gasteiger partial charge in [0.1, 0.15) is 0 Å². The van der Waals surface area contributed by atoms with Crippen molar-refractivity contribution in [1.29, 1.82) is 0 Å². The van der Waals surface area contributed by atoms with E-state index in [2.05, 4.69) is 30.9 Å². The third-order valence-electron chi connectivity index (χ3n) is 4.79. The van der Waals surface area contributed by atoms with Gasteiger partial charge < -0.3 is 4.90 Å². The molecule has 0 radical (unpaired) electrons. The molecule has 0 unspecified atom stereocenters. The first kappa shape index (κ1) is 19.2. The molecular formula is C20H30N4O. The summed E-state index contributed by atoms with van der Waals surface area (Å²) in [6, 6.07) is 8.47. The van der Waals surface area contributed by atoms with Crippen molar-refractivity contribution in [3.63, 3.8) is 0 Å². The summed E-state index contributed by atoms with van der Waals surface area (Å²) in [6.45, 7) is 11.4. The molecule has 0 saturated carbocycles. The van der Waals surface area contributed by atoms with Gasteiger partial charge in [0.05, 0.1) is 17.9 Å². The molecule has 0 bridgehead atoms. The minimum atomic E-state index is 0.138. The fourth-order valence-corrected chi connectivity index (χ4v) is 2.90. The van der Waals surface area contributed by atoms with Crippen LogP contribution in [0.2, 0.25) is 0 Å². The van der Waals surface area contributed by atoms with E-state index in [0.717, 1.165) is 17.1 Å². The largest absolute Gasteiger partial charge is 0.342 e. The van der Waals surface area contributed by atoms with E-state index >= 15 is 0 Å². The van der Waals surface area contributed by atoms with Crippen LogP contribution < -0.4 is 0 Å². The van der Waals surface area contributed by atoms with Gasteiger partial charge in [-0.25, -0.2) is 4.68 Å². The van der Waals surface area contributed by atoms with Gasteiger partial charge in [-0.3, -0.25) is 9.69 Å². The molecule has 1 aromatic carbocycles. The zero-order chi connectivity index (χ0) is 18.7. The average molecular weight is 342 g/mol. The number of nitrogens with zero attached hydrogens (tertiary/aromatic N) is 4. The summed E-state index contributed by atoms with van der Waals surface area (Å²) < 4.78 is 2.01. The second kappa shape index (κ2) is 7.83. The lowest BCUT2D eigenvalue weighted by molar-refractivity contribution is -0.132. The zero-order valence-electron chi connectivity index (χ0n) is 16.5. The smallest absolute Gasteiger partial charge is 0.236 e. The molecule has 0 aliphatic carbocycles. The van der Waals surface area contributed by atoms with Crippen molar-refractivity contribution in [3.05, 3.63) is 46.8 Å². The predicted molar refractivity (Wildman–Crippen MR) is 102 cm³/mol. The number of hydrogen-bond donors (Lipinski definition) is 0. The number of para-hydroxylation sites is 1. The van der Waals surface area contributed by atoms with Crippen molar-refractivity contribution >= 4 is 5.91 Å². The summed E-state index contributed by atoms with van der Waals surface area (Å²) in [6.07, 6.45) is 0. The molecule has 0 fully saturated rings. The maximum absolute atomic E-state index is 12.3. The van der Waals surface area contributed by atoms with Gasteiger partial charge in [-0.05, 0) is 53.3 Å². The lowest BCUT2D eigenvalue weighted by atomic mass is 10.1. The molecular weight excluding hydrogens is 312 g/mol. The molecule has 2 rings (SSSR count). The highest BCUT2D eigenvalue weighted by Gasteiger charge is 2.18. The number of likely N-dealkylation sites (N-methyl/N-ethyl adjacent to an activating group) is 2. The highest BCUT2D eigenvalue weighted by atomic mass is 16.2. The van der Waals surface area contributed by atoms with Crippen LogP contribution in [-0.4, -0.2) is 52.2 Å².